The summed E-state index contributed by atoms with van der Waals surface area (Å²) in [7, 11) is 0. The first-order valence-electron chi connectivity index (χ1n) is 7.30. The van der Waals surface area contributed by atoms with E-state index in [-0.39, 0.29) is 5.82 Å². The Morgan fingerprint density at radius 1 is 1.00 bits per heavy atom. The van der Waals surface area contributed by atoms with Crippen molar-refractivity contribution in [3.63, 3.8) is 0 Å². The molecule has 3 aromatic rings. The highest BCUT2D eigenvalue weighted by Crippen LogP contribution is 2.21. The summed E-state index contributed by atoms with van der Waals surface area (Å²) >= 11 is 17.9. The van der Waals surface area contributed by atoms with Gasteiger partial charge in [-0.15, -0.1) is 0 Å². The molecule has 2 N–H and O–H groups in total. The summed E-state index contributed by atoms with van der Waals surface area (Å²) in [6, 6.07) is 13.8. The standard InChI is InChI=1S/C17H13Cl3N4O/c18-12-6-4-11(5-7-12)9-24-10-15(20)16(23-24)22-17(25)21-14-3-1-2-13(19)8-14/h1-8,10H,9H2,(H2,21,22,23,25). The Hall–Kier alpha value is -2.21. The third kappa shape index (κ3) is 4.89. The normalized spacial score (nSPS) is 10.5. The third-order valence-corrected chi connectivity index (χ3v) is 4.05. The second kappa shape index (κ2) is 7.78. The van der Waals surface area contributed by atoms with Gasteiger partial charge in [0.25, 0.3) is 0 Å². The average molecular weight is 396 g/mol. The van der Waals surface area contributed by atoms with Crippen LogP contribution in [0.5, 0.6) is 0 Å². The highest BCUT2D eigenvalue weighted by Gasteiger charge is 2.11. The maximum absolute atomic E-state index is 12.1. The van der Waals surface area contributed by atoms with Gasteiger partial charge in [0.05, 0.1) is 6.54 Å². The first kappa shape index (κ1) is 17.6. The molecule has 0 saturated carbocycles. The summed E-state index contributed by atoms with van der Waals surface area (Å²) < 4.78 is 1.64. The third-order valence-electron chi connectivity index (χ3n) is 3.29. The molecule has 0 bridgehead atoms. The van der Waals surface area contributed by atoms with Crippen LogP contribution in [0.1, 0.15) is 5.56 Å². The maximum Gasteiger partial charge on any atom is 0.324 e. The minimum Gasteiger partial charge on any atom is -0.308 e. The second-order valence-electron chi connectivity index (χ2n) is 5.24. The number of hydrogen-bond donors (Lipinski definition) is 2. The molecule has 0 aliphatic carbocycles. The van der Waals surface area contributed by atoms with E-state index in [4.69, 9.17) is 34.8 Å². The van der Waals surface area contributed by atoms with Gasteiger partial charge in [0.1, 0.15) is 5.02 Å². The quantitative estimate of drug-likeness (QED) is 0.609. The Bertz CT molecular complexity index is 893. The van der Waals surface area contributed by atoms with Gasteiger partial charge >= 0.3 is 6.03 Å². The van der Waals surface area contributed by atoms with Gasteiger partial charge in [-0.3, -0.25) is 10.00 Å². The van der Waals surface area contributed by atoms with E-state index in [1.165, 1.54) is 0 Å². The van der Waals surface area contributed by atoms with E-state index in [1.54, 1.807) is 47.3 Å². The van der Waals surface area contributed by atoms with Crippen LogP contribution >= 0.6 is 34.8 Å². The topological polar surface area (TPSA) is 59.0 Å². The van der Waals surface area contributed by atoms with Crippen LogP contribution in [0.3, 0.4) is 0 Å². The summed E-state index contributed by atoms with van der Waals surface area (Å²) in [6.07, 6.45) is 1.64. The Morgan fingerprint density at radius 2 is 1.76 bits per heavy atom. The van der Waals surface area contributed by atoms with E-state index < -0.39 is 6.03 Å². The predicted octanol–water partition coefficient (Wildman–Crippen LogP) is 5.54. The highest BCUT2D eigenvalue weighted by atomic mass is 35.5. The van der Waals surface area contributed by atoms with Crippen LogP contribution in [0.25, 0.3) is 0 Å². The van der Waals surface area contributed by atoms with E-state index in [2.05, 4.69) is 15.7 Å². The highest BCUT2D eigenvalue weighted by molar-refractivity contribution is 6.33. The van der Waals surface area contributed by atoms with Crippen molar-refractivity contribution in [2.45, 2.75) is 6.54 Å². The zero-order valence-corrected chi connectivity index (χ0v) is 15.1. The fraction of sp³-hybridized carbons (Fsp3) is 0.0588. The predicted molar refractivity (Wildman–Crippen MR) is 102 cm³/mol. The number of benzene rings is 2. The zero-order valence-electron chi connectivity index (χ0n) is 12.8. The molecule has 0 aliphatic heterocycles. The number of halogens is 3. The van der Waals surface area contributed by atoms with E-state index in [0.717, 1.165) is 5.56 Å². The summed E-state index contributed by atoms with van der Waals surface area (Å²) in [5.41, 5.74) is 1.58. The minimum atomic E-state index is -0.457. The van der Waals surface area contributed by atoms with Gasteiger partial charge in [0.2, 0.25) is 0 Å². The van der Waals surface area contributed by atoms with Crippen LogP contribution in [0.4, 0.5) is 16.3 Å². The van der Waals surface area contributed by atoms with E-state index >= 15 is 0 Å². The molecule has 0 saturated heterocycles. The molecule has 1 heterocycles. The molecule has 0 spiro atoms. The van der Waals surface area contributed by atoms with Crippen molar-refractivity contribution in [1.82, 2.24) is 9.78 Å². The Morgan fingerprint density at radius 3 is 2.48 bits per heavy atom. The van der Waals surface area contributed by atoms with Crippen molar-refractivity contribution in [1.29, 1.82) is 0 Å². The smallest absolute Gasteiger partial charge is 0.308 e. The van der Waals surface area contributed by atoms with Crippen molar-refractivity contribution in [2.24, 2.45) is 0 Å². The minimum absolute atomic E-state index is 0.273. The van der Waals surface area contributed by atoms with Crippen molar-refractivity contribution in [3.05, 3.63) is 75.4 Å². The Kier molecular flexibility index (Phi) is 5.48. The largest absolute Gasteiger partial charge is 0.324 e. The molecule has 2 aromatic carbocycles. The molecule has 0 radical (unpaired) electrons. The average Bonchev–Trinajstić information content (AvgIpc) is 2.89. The molecule has 0 fully saturated rings. The maximum atomic E-state index is 12.1. The molecular formula is C17H13Cl3N4O. The van der Waals surface area contributed by atoms with Crippen molar-refractivity contribution in [3.8, 4) is 0 Å². The van der Waals surface area contributed by atoms with Gasteiger partial charge < -0.3 is 5.32 Å². The van der Waals surface area contributed by atoms with Crippen LogP contribution in [0, 0.1) is 0 Å². The molecule has 8 heteroatoms. The molecule has 0 unspecified atom stereocenters. The van der Waals surface area contributed by atoms with Crippen LogP contribution in [-0.2, 0) is 6.54 Å². The number of rotatable bonds is 4. The number of aromatic nitrogens is 2. The summed E-state index contributed by atoms with van der Waals surface area (Å²) in [6.45, 7) is 0.508. The monoisotopic (exact) mass is 394 g/mol. The number of nitrogens with zero attached hydrogens (tertiary/aromatic N) is 2. The Balaban J connectivity index is 1.65. The number of urea groups is 1. The van der Waals surface area contributed by atoms with Gasteiger partial charge in [-0.1, -0.05) is 53.0 Å². The lowest BCUT2D eigenvalue weighted by atomic mass is 10.2. The fourth-order valence-electron chi connectivity index (χ4n) is 2.18. The van der Waals surface area contributed by atoms with E-state index in [0.29, 0.717) is 27.3 Å². The van der Waals surface area contributed by atoms with Crippen molar-refractivity contribution < 1.29 is 4.79 Å². The fourth-order valence-corrected chi connectivity index (χ4v) is 2.69. The lowest BCUT2D eigenvalue weighted by molar-refractivity contribution is 0.262. The van der Waals surface area contributed by atoms with Gasteiger partial charge in [-0.2, -0.15) is 5.10 Å². The van der Waals surface area contributed by atoms with Gasteiger partial charge in [0.15, 0.2) is 5.82 Å². The first-order chi connectivity index (χ1) is 12.0. The summed E-state index contributed by atoms with van der Waals surface area (Å²) in [5.74, 6) is 0.273. The zero-order chi connectivity index (χ0) is 17.8. The van der Waals surface area contributed by atoms with Gasteiger partial charge in [0, 0.05) is 21.9 Å². The van der Waals surface area contributed by atoms with Gasteiger partial charge in [-0.25, -0.2) is 4.79 Å². The summed E-state index contributed by atoms with van der Waals surface area (Å²) in [4.78, 5) is 12.1. The number of nitrogens with one attached hydrogen (secondary N) is 2. The lowest BCUT2D eigenvalue weighted by Crippen LogP contribution is -2.20. The molecule has 25 heavy (non-hydrogen) atoms. The number of amides is 2. The molecule has 128 valence electrons. The summed E-state index contributed by atoms with van der Waals surface area (Å²) in [5, 5.41) is 11.1. The van der Waals surface area contributed by atoms with E-state index in [9.17, 15) is 4.79 Å². The number of carbonyl (C=O) groups excluding carboxylic acids is 1. The first-order valence-corrected chi connectivity index (χ1v) is 8.44. The number of hydrogen-bond acceptors (Lipinski definition) is 2. The second-order valence-corrected chi connectivity index (χ2v) is 6.52. The molecule has 5 nitrogen and oxygen atoms in total. The molecular weight excluding hydrogens is 383 g/mol. The molecule has 0 aliphatic rings. The Labute approximate surface area is 159 Å². The van der Waals surface area contributed by atoms with Crippen LogP contribution in [-0.4, -0.2) is 15.8 Å². The van der Waals surface area contributed by atoms with Crippen molar-refractivity contribution >= 4 is 52.3 Å². The van der Waals surface area contributed by atoms with Crippen LogP contribution in [0.15, 0.2) is 54.7 Å². The van der Waals surface area contributed by atoms with E-state index in [1.807, 2.05) is 12.1 Å². The van der Waals surface area contributed by atoms with Crippen molar-refractivity contribution in [2.75, 3.05) is 10.6 Å². The SMILES string of the molecule is O=C(Nc1cccc(Cl)c1)Nc1nn(Cc2ccc(Cl)cc2)cc1Cl. The van der Waals surface area contributed by atoms with Crippen LogP contribution < -0.4 is 10.6 Å². The molecule has 3 rings (SSSR count). The molecule has 1 aromatic heterocycles. The van der Waals surface area contributed by atoms with Crippen LogP contribution in [0.2, 0.25) is 15.1 Å². The number of carbonyl (C=O) groups is 1. The molecule has 0 atom stereocenters. The number of anilines is 2. The van der Waals surface area contributed by atoms with Gasteiger partial charge in [-0.05, 0) is 35.9 Å². The molecule has 2 amide bonds. The lowest BCUT2D eigenvalue weighted by Gasteiger charge is -2.06.